The van der Waals surface area contributed by atoms with Crippen molar-refractivity contribution in [2.75, 3.05) is 23.9 Å². The van der Waals surface area contributed by atoms with Gasteiger partial charge in [-0.2, -0.15) is 0 Å². The molecule has 0 amide bonds. The summed E-state index contributed by atoms with van der Waals surface area (Å²) >= 11 is 0. The lowest BCUT2D eigenvalue weighted by Gasteiger charge is -2.44. The van der Waals surface area contributed by atoms with Gasteiger partial charge in [-0.1, -0.05) is 42.5 Å². The standard InChI is InChI=1S/C25H22FN3O2/c1-31-24(30)25(18-12-14-19(26)15-13-18)23(27-20-9-3-4-10-21(20)28-25)29-16-6-8-17-7-2-5-11-22(17)29/h2-5,7,9-15,28H,6,8,16H2,1H3. The van der Waals surface area contributed by atoms with Crippen molar-refractivity contribution in [2.45, 2.75) is 18.4 Å². The molecule has 0 radical (unpaired) electrons. The highest BCUT2D eigenvalue weighted by atomic mass is 19.1. The Balaban J connectivity index is 1.78. The molecule has 2 aliphatic heterocycles. The van der Waals surface area contributed by atoms with Crippen LogP contribution in [0.1, 0.15) is 17.5 Å². The topological polar surface area (TPSA) is 53.9 Å². The fourth-order valence-corrected chi connectivity index (χ4v) is 4.46. The predicted octanol–water partition coefficient (Wildman–Crippen LogP) is 4.80. The van der Waals surface area contributed by atoms with Gasteiger partial charge in [0.15, 0.2) is 5.84 Å². The van der Waals surface area contributed by atoms with Gasteiger partial charge in [0, 0.05) is 12.2 Å². The minimum Gasteiger partial charge on any atom is -0.467 e. The molecule has 2 aliphatic rings. The molecule has 2 heterocycles. The van der Waals surface area contributed by atoms with E-state index in [0.29, 0.717) is 23.6 Å². The average molecular weight is 415 g/mol. The summed E-state index contributed by atoms with van der Waals surface area (Å²) in [5.41, 5.74) is 2.82. The molecule has 0 spiro atoms. The summed E-state index contributed by atoms with van der Waals surface area (Å²) in [6.45, 7) is 0.708. The first-order valence-corrected chi connectivity index (χ1v) is 10.3. The average Bonchev–Trinajstić information content (AvgIpc) is 2.82. The molecule has 3 aromatic carbocycles. The number of fused-ring (bicyclic) bond motifs is 2. The van der Waals surface area contributed by atoms with E-state index in [9.17, 15) is 9.18 Å². The van der Waals surface area contributed by atoms with Gasteiger partial charge in [-0.25, -0.2) is 14.2 Å². The van der Waals surface area contributed by atoms with Crippen LogP contribution < -0.4 is 10.2 Å². The first-order valence-electron chi connectivity index (χ1n) is 10.3. The van der Waals surface area contributed by atoms with Crippen LogP contribution >= 0.6 is 0 Å². The Morgan fingerprint density at radius 2 is 1.81 bits per heavy atom. The number of hydrogen-bond acceptors (Lipinski definition) is 5. The van der Waals surface area contributed by atoms with E-state index in [-0.39, 0.29) is 5.82 Å². The fourth-order valence-electron chi connectivity index (χ4n) is 4.46. The van der Waals surface area contributed by atoms with Crippen molar-refractivity contribution < 1.29 is 13.9 Å². The molecule has 6 heteroatoms. The van der Waals surface area contributed by atoms with E-state index in [2.05, 4.69) is 16.3 Å². The van der Waals surface area contributed by atoms with Crippen molar-refractivity contribution in [2.24, 2.45) is 4.99 Å². The van der Waals surface area contributed by atoms with Crippen LogP contribution in [0.5, 0.6) is 0 Å². The molecular formula is C25H22FN3O2. The number of amidine groups is 1. The number of para-hydroxylation sites is 3. The molecule has 0 aromatic heterocycles. The number of aryl methyl sites for hydroxylation is 1. The summed E-state index contributed by atoms with van der Waals surface area (Å²) in [5.74, 6) is -0.353. The van der Waals surface area contributed by atoms with Crippen LogP contribution in [0.3, 0.4) is 0 Å². The minimum atomic E-state index is -1.42. The molecule has 1 atom stereocenters. The van der Waals surface area contributed by atoms with Gasteiger partial charge in [0.1, 0.15) is 5.82 Å². The lowest BCUT2D eigenvalue weighted by atomic mass is 9.84. The number of methoxy groups -OCH3 is 1. The van der Waals surface area contributed by atoms with Gasteiger partial charge in [-0.05, 0) is 54.3 Å². The number of nitrogens with zero attached hydrogens (tertiary/aromatic N) is 2. The zero-order chi connectivity index (χ0) is 21.4. The summed E-state index contributed by atoms with van der Waals surface area (Å²) < 4.78 is 19.1. The van der Waals surface area contributed by atoms with Crippen LogP contribution in [0.25, 0.3) is 0 Å². The first-order chi connectivity index (χ1) is 15.1. The van der Waals surface area contributed by atoms with Crippen molar-refractivity contribution in [3.05, 3.63) is 89.7 Å². The van der Waals surface area contributed by atoms with Crippen molar-refractivity contribution >= 4 is 28.9 Å². The molecule has 1 N–H and O–H groups in total. The number of hydrogen-bond donors (Lipinski definition) is 1. The molecule has 0 saturated carbocycles. The maximum absolute atomic E-state index is 13.8. The van der Waals surface area contributed by atoms with Gasteiger partial charge in [-0.15, -0.1) is 0 Å². The Bertz CT molecular complexity index is 1180. The van der Waals surface area contributed by atoms with E-state index in [1.165, 1.54) is 24.8 Å². The number of carbonyl (C=O) groups is 1. The van der Waals surface area contributed by atoms with E-state index in [0.717, 1.165) is 24.2 Å². The van der Waals surface area contributed by atoms with Gasteiger partial charge in [0.2, 0.25) is 5.54 Å². The normalized spacial score (nSPS) is 19.5. The molecular weight excluding hydrogens is 393 g/mol. The maximum atomic E-state index is 13.8. The molecule has 0 aliphatic carbocycles. The number of ether oxygens (including phenoxy) is 1. The van der Waals surface area contributed by atoms with Crippen LogP contribution in [-0.4, -0.2) is 25.5 Å². The third-order valence-electron chi connectivity index (χ3n) is 5.92. The molecule has 156 valence electrons. The Morgan fingerprint density at radius 1 is 1.06 bits per heavy atom. The highest BCUT2D eigenvalue weighted by Crippen LogP contribution is 2.42. The van der Waals surface area contributed by atoms with E-state index in [1.807, 2.05) is 42.5 Å². The number of nitrogens with one attached hydrogen (secondary N) is 1. The lowest BCUT2D eigenvalue weighted by Crippen LogP contribution is -2.59. The molecule has 0 saturated heterocycles. The summed E-state index contributed by atoms with van der Waals surface area (Å²) in [7, 11) is 1.36. The third-order valence-corrected chi connectivity index (χ3v) is 5.92. The van der Waals surface area contributed by atoms with Gasteiger partial charge >= 0.3 is 5.97 Å². The monoisotopic (exact) mass is 415 g/mol. The van der Waals surface area contributed by atoms with Crippen LogP contribution in [0.2, 0.25) is 0 Å². The van der Waals surface area contributed by atoms with Crippen LogP contribution in [0, 0.1) is 5.82 Å². The number of benzene rings is 3. The SMILES string of the molecule is COC(=O)C1(c2ccc(F)cc2)Nc2ccccc2N=C1N1CCCc2ccccc21. The third kappa shape index (κ3) is 3.06. The van der Waals surface area contributed by atoms with Crippen molar-refractivity contribution in [1.29, 1.82) is 0 Å². The predicted molar refractivity (Wildman–Crippen MR) is 119 cm³/mol. The Labute approximate surface area is 180 Å². The van der Waals surface area contributed by atoms with Crippen molar-refractivity contribution in [3.63, 3.8) is 0 Å². The molecule has 0 fully saturated rings. The van der Waals surface area contributed by atoms with Crippen molar-refractivity contribution in [3.8, 4) is 0 Å². The van der Waals surface area contributed by atoms with Gasteiger partial charge < -0.3 is 15.0 Å². The van der Waals surface area contributed by atoms with E-state index in [1.54, 1.807) is 12.1 Å². The zero-order valence-corrected chi connectivity index (χ0v) is 17.1. The van der Waals surface area contributed by atoms with Crippen LogP contribution in [0.15, 0.2) is 77.8 Å². The zero-order valence-electron chi connectivity index (χ0n) is 17.1. The smallest absolute Gasteiger partial charge is 0.344 e. The molecule has 1 unspecified atom stereocenters. The van der Waals surface area contributed by atoms with Gasteiger partial charge in [0.05, 0.1) is 18.5 Å². The van der Waals surface area contributed by atoms with Gasteiger partial charge in [-0.3, -0.25) is 0 Å². The molecule has 31 heavy (non-hydrogen) atoms. The van der Waals surface area contributed by atoms with Crippen LogP contribution in [0.4, 0.5) is 21.5 Å². The largest absolute Gasteiger partial charge is 0.467 e. The molecule has 5 rings (SSSR count). The summed E-state index contributed by atoms with van der Waals surface area (Å²) in [6.07, 6.45) is 1.89. The van der Waals surface area contributed by atoms with E-state index >= 15 is 0 Å². The summed E-state index contributed by atoms with van der Waals surface area (Å²) in [4.78, 5) is 20.5. The fraction of sp³-hybridized carbons (Fsp3) is 0.200. The van der Waals surface area contributed by atoms with E-state index < -0.39 is 11.5 Å². The lowest BCUT2D eigenvalue weighted by molar-refractivity contribution is -0.143. The Hall–Kier alpha value is -3.67. The van der Waals surface area contributed by atoms with Crippen molar-refractivity contribution in [1.82, 2.24) is 0 Å². The first kappa shape index (κ1) is 19.3. The Morgan fingerprint density at radius 3 is 2.61 bits per heavy atom. The van der Waals surface area contributed by atoms with Gasteiger partial charge in [0.25, 0.3) is 0 Å². The summed E-state index contributed by atoms with van der Waals surface area (Å²) in [5, 5.41) is 3.41. The number of rotatable bonds is 2. The molecule has 0 bridgehead atoms. The highest BCUT2D eigenvalue weighted by molar-refractivity contribution is 6.22. The second-order valence-electron chi connectivity index (χ2n) is 7.71. The second kappa shape index (κ2) is 7.54. The molecule has 5 nitrogen and oxygen atoms in total. The van der Waals surface area contributed by atoms with E-state index in [4.69, 9.17) is 9.73 Å². The minimum absolute atomic E-state index is 0.373. The number of halogens is 1. The highest BCUT2D eigenvalue weighted by Gasteiger charge is 2.52. The quantitative estimate of drug-likeness (QED) is 0.611. The maximum Gasteiger partial charge on any atom is 0.344 e. The summed E-state index contributed by atoms with van der Waals surface area (Å²) in [6, 6.07) is 21.7. The number of esters is 1. The molecule has 3 aromatic rings. The second-order valence-corrected chi connectivity index (χ2v) is 7.71. The number of carbonyl (C=O) groups excluding carboxylic acids is 1. The van der Waals surface area contributed by atoms with Crippen LogP contribution in [-0.2, 0) is 21.5 Å². The number of aliphatic imine (C=N–C) groups is 1. The Kier molecular flexibility index (Phi) is 4.70. The number of anilines is 2.